The molecule has 0 saturated carbocycles. The second kappa shape index (κ2) is 54.7. The highest BCUT2D eigenvalue weighted by Crippen LogP contribution is 2.15. The van der Waals surface area contributed by atoms with Gasteiger partial charge in [-0.05, 0) is 89.9 Å². The molecule has 0 aliphatic rings. The van der Waals surface area contributed by atoms with Gasteiger partial charge in [-0.1, -0.05) is 236 Å². The Morgan fingerprint density at radius 1 is 0.303 bits per heavy atom. The molecular weight excluding hydrogens is 817 g/mol. The number of carbonyl (C=O) groups is 3. The van der Waals surface area contributed by atoms with Crippen LogP contribution in [0.2, 0.25) is 0 Å². The van der Waals surface area contributed by atoms with Crippen molar-refractivity contribution in [2.75, 3.05) is 13.2 Å². The smallest absolute Gasteiger partial charge is 0.306 e. The van der Waals surface area contributed by atoms with E-state index in [0.29, 0.717) is 19.3 Å². The van der Waals surface area contributed by atoms with E-state index in [2.05, 4.69) is 81.5 Å². The number of hydrogen-bond acceptors (Lipinski definition) is 6. The Morgan fingerprint density at radius 2 is 0.545 bits per heavy atom. The van der Waals surface area contributed by atoms with Gasteiger partial charge in [0.1, 0.15) is 13.2 Å². The van der Waals surface area contributed by atoms with E-state index in [9.17, 15) is 14.4 Å². The van der Waals surface area contributed by atoms with Crippen LogP contribution in [0.15, 0.2) is 60.8 Å². The lowest BCUT2D eigenvalue weighted by molar-refractivity contribution is -0.167. The Bertz CT molecular complexity index is 1200. The first-order chi connectivity index (χ1) is 32.5. The molecule has 0 bridgehead atoms. The summed E-state index contributed by atoms with van der Waals surface area (Å²) in [5.41, 5.74) is 0. The molecule has 1 unspecified atom stereocenters. The molecule has 0 spiro atoms. The predicted molar refractivity (Wildman–Crippen MR) is 284 cm³/mol. The van der Waals surface area contributed by atoms with E-state index in [1.165, 1.54) is 154 Å². The molecule has 6 nitrogen and oxygen atoms in total. The van der Waals surface area contributed by atoms with Gasteiger partial charge in [-0.25, -0.2) is 0 Å². The van der Waals surface area contributed by atoms with Gasteiger partial charge in [-0.3, -0.25) is 14.4 Å². The first kappa shape index (κ1) is 63.1. The van der Waals surface area contributed by atoms with E-state index in [-0.39, 0.29) is 31.1 Å². The van der Waals surface area contributed by atoms with Crippen LogP contribution in [-0.4, -0.2) is 37.2 Å². The van der Waals surface area contributed by atoms with Gasteiger partial charge in [0, 0.05) is 19.3 Å². The summed E-state index contributed by atoms with van der Waals surface area (Å²) in [6.45, 7) is 6.58. The third-order valence-electron chi connectivity index (χ3n) is 12.2. The maximum absolute atomic E-state index is 12.8. The molecule has 0 aliphatic carbocycles. The molecular formula is C60H106O6. The van der Waals surface area contributed by atoms with Crippen LogP contribution in [0, 0.1) is 0 Å². The standard InChI is InChI=1S/C60H106O6/c1-4-7-10-13-16-19-21-23-25-27-28-29-30-31-32-34-35-37-39-41-44-47-50-53-59(62)65-56-57(55-64-58(61)52-49-46-43-18-15-12-9-6-3)66-60(63)54-51-48-45-42-40-38-36-33-26-24-22-20-17-14-11-8-5-2/h17,20-21,23-24,26-28,30-31,57H,4-16,18-19,22,25,29,32-56H2,1-3H3/b20-17-,23-21-,26-24-,28-27-,31-30-. The third kappa shape index (κ3) is 52.1. The van der Waals surface area contributed by atoms with Crippen molar-refractivity contribution in [2.45, 2.75) is 290 Å². The number of esters is 3. The quantitative estimate of drug-likeness (QED) is 0.0262. The van der Waals surface area contributed by atoms with Gasteiger partial charge in [-0.15, -0.1) is 0 Å². The number of unbranched alkanes of at least 4 members (excludes halogenated alkanes) is 30. The van der Waals surface area contributed by atoms with Crippen LogP contribution in [0.4, 0.5) is 0 Å². The zero-order chi connectivity index (χ0) is 47.9. The molecule has 0 fully saturated rings. The van der Waals surface area contributed by atoms with E-state index in [4.69, 9.17) is 14.2 Å². The van der Waals surface area contributed by atoms with E-state index in [1.807, 2.05) is 0 Å². The molecule has 0 aromatic heterocycles. The Labute approximate surface area is 409 Å². The molecule has 382 valence electrons. The average Bonchev–Trinajstić information content (AvgIpc) is 3.31. The molecule has 0 aliphatic heterocycles. The SMILES string of the molecule is CCCCC/C=C\C/C=C\CCCCCCCCCC(=O)OC(COC(=O)CCCCCCCCCC)COC(=O)CCCCCCCCCC/C=C\C/C=C\C/C=C\CCCCCCC. The van der Waals surface area contributed by atoms with Gasteiger partial charge >= 0.3 is 17.9 Å². The van der Waals surface area contributed by atoms with E-state index in [1.54, 1.807) is 0 Å². The maximum Gasteiger partial charge on any atom is 0.306 e. The molecule has 66 heavy (non-hydrogen) atoms. The van der Waals surface area contributed by atoms with Crippen molar-refractivity contribution >= 4 is 17.9 Å². The Hall–Kier alpha value is -2.89. The number of rotatable bonds is 51. The highest BCUT2D eigenvalue weighted by Gasteiger charge is 2.19. The molecule has 0 amide bonds. The molecule has 0 radical (unpaired) electrons. The number of carbonyl (C=O) groups excluding carboxylic acids is 3. The summed E-state index contributed by atoms with van der Waals surface area (Å²) >= 11 is 0. The zero-order valence-corrected chi connectivity index (χ0v) is 43.7. The summed E-state index contributed by atoms with van der Waals surface area (Å²) in [5.74, 6) is -0.890. The van der Waals surface area contributed by atoms with Gasteiger partial charge in [0.15, 0.2) is 6.10 Å². The topological polar surface area (TPSA) is 78.9 Å². The molecule has 0 saturated heterocycles. The van der Waals surface area contributed by atoms with Crippen LogP contribution in [0.1, 0.15) is 284 Å². The summed E-state index contributed by atoms with van der Waals surface area (Å²) < 4.78 is 16.8. The Balaban J connectivity index is 4.25. The van der Waals surface area contributed by atoms with Crippen molar-refractivity contribution in [3.8, 4) is 0 Å². The van der Waals surface area contributed by atoms with Crippen LogP contribution >= 0.6 is 0 Å². The number of allylic oxidation sites excluding steroid dienone is 10. The van der Waals surface area contributed by atoms with Gasteiger partial charge in [-0.2, -0.15) is 0 Å². The lowest BCUT2D eigenvalue weighted by Gasteiger charge is -2.18. The normalized spacial score (nSPS) is 12.5. The van der Waals surface area contributed by atoms with Crippen molar-refractivity contribution < 1.29 is 28.6 Å². The summed E-state index contributed by atoms with van der Waals surface area (Å²) in [5, 5.41) is 0. The maximum atomic E-state index is 12.8. The monoisotopic (exact) mass is 923 g/mol. The molecule has 0 aromatic rings. The van der Waals surface area contributed by atoms with Crippen LogP contribution in [0.25, 0.3) is 0 Å². The van der Waals surface area contributed by atoms with Crippen molar-refractivity contribution in [1.29, 1.82) is 0 Å². The lowest BCUT2D eigenvalue weighted by Crippen LogP contribution is -2.30. The predicted octanol–water partition coefficient (Wildman–Crippen LogP) is 18.8. The zero-order valence-electron chi connectivity index (χ0n) is 43.7. The van der Waals surface area contributed by atoms with Gasteiger partial charge < -0.3 is 14.2 Å². The first-order valence-corrected chi connectivity index (χ1v) is 28.3. The largest absolute Gasteiger partial charge is 0.462 e. The highest BCUT2D eigenvalue weighted by atomic mass is 16.6. The second-order valence-electron chi connectivity index (χ2n) is 18.8. The van der Waals surface area contributed by atoms with Gasteiger partial charge in [0.25, 0.3) is 0 Å². The van der Waals surface area contributed by atoms with Crippen LogP contribution in [-0.2, 0) is 28.6 Å². The highest BCUT2D eigenvalue weighted by molar-refractivity contribution is 5.71. The second-order valence-corrected chi connectivity index (χ2v) is 18.8. The summed E-state index contributed by atoms with van der Waals surface area (Å²) in [6.07, 6.45) is 67.9. The van der Waals surface area contributed by atoms with Gasteiger partial charge in [0.05, 0.1) is 0 Å². The fourth-order valence-corrected chi connectivity index (χ4v) is 7.95. The number of hydrogen-bond donors (Lipinski definition) is 0. The first-order valence-electron chi connectivity index (χ1n) is 28.3. The van der Waals surface area contributed by atoms with Crippen molar-refractivity contribution in [3.63, 3.8) is 0 Å². The summed E-state index contributed by atoms with van der Waals surface area (Å²) in [6, 6.07) is 0. The molecule has 6 heteroatoms. The van der Waals surface area contributed by atoms with Crippen molar-refractivity contribution in [3.05, 3.63) is 60.8 Å². The minimum atomic E-state index is -0.779. The minimum Gasteiger partial charge on any atom is -0.462 e. The van der Waals surface area contributed by atoms with Crippen LogP contribution in [0.5, 0.6) is 0 Å². The Morgan fingerprint density at radius 3 is 0.879 bits per heavy atom. The van der Waals surface area contributed by atoms with Crippen LogP contribution in [0.3, 0.4) is 0 Å². The van der Waals surface area contributed by atoms with Crippen molar-refractivity contribution in [1.82, 2.24) is 0 Å². The van der Waals surface area contributed by atoms with Crippen LogP contribution < -0.4 is 0 Å². The molecule has 0 heterocycles. The van der Waals surface area contributed by atoms with Crippen molar-refractivity contribution in [2.24, 2.45) is 0 Å². The lowest BCUT2D eigenvalue weighted by atomic mass is 10.1. The average molecular weight is 924 g/mol. The van der Waals surface area contributed by atoms with E-state index < -0.39 is 6.10 Å². The Kier molecular flexibility index (Phi) is 52.3. The third-order valence-corrected chi connectivity index (χ3v) is 12.2. The molecule has 1 atom stereocenters. The summed E-state index contributed by atoms with van der Waals surface area (Å²) in [4.78, 5) is 38.0. The molecule has 0 aromatic carbocycles. The molecule has 0 N–H and O–H groups in total. The van der Waals surface area contributed by atoms with Gasteiger partial charge in [0.2, 0.25) is 0 Å². The summed E-state index contributed by atoms with van der Waals surface area (Å²) in [7, 11) is 0. The van der Waals surface area contributed by atoms with E-state index in [0.717, 1.165) is 89.9 Å². The number of ether oxygens (including phenoxy) is 3. The van der Waals surface area contributed by atoms with E-state index >= 15 is 0 Å². The minimum absolute atomic E-state index is 0.0785. The fourth-order valence-electron chi connectivity index (χ4n) is 7.95. The fraction of sp³-hybridized carbons (Fsp3) is 0.783. The molecule has 0 rings (SSSR count).